The number of aliphatic hydroxyl groups is 1. The van der Waals surface area contributed by atoms with E-state index in [1.807, 2.05) is 4.68 Å². The summed E-state index contributed by atoms with van der Waals surface area (Å²) in [7, 11) is 0. The SMILES string of the molecule is CCN1CCC(O)(Cc2ncnn2C(C)C)CC1. The number of aromatic nitrogens is 3. The number of likely N-dealkylation sites (tertiary alicyclic amines) is 1. The van der Waals surface area contributed by atoms with E-state index >= 15 is 0 Å². The van der Waals surface area contributed by atoms with Crippen LogP contribution in [0, 0.1) is 0 Å². The van der Waals surface area contributed by atoms with Crippen molar-refractivity contribution in [3.8, 4) is 0 Å². The minimum Gasteiger partial charge on any atom is -0.389 e. The number of rotatable bonds is 4. The van der Waals surface area contributed by atoms with Gasteiger partial charge in [-0.1, -0.05) is 6.92 Å². The van der Waals surface area contributed by atoms with Crippen LogP contribution in [0.25, 0.3) is 0 Å². The average molecular weight is 252 g/mol. The zero-order chi connectivity index (χ0) is 13.2. The molecule has 1 aromatic heterocycles. The molecule has 0 radical (unpaired) electrons. The summed E-state index contributed by atoms with van der Waals surface area (Å²) in [5.41, 5.74) is -0.606. The van der Waals surface area contributed by atoms with Gasteiger partial charge in [-0.15, -0.1) is 0 Å². The third-order valence-corrected chi connectivity index (χ3v) is 3.86. The third-order valence-electron chi connectivity index (χ3n) is 3.86. The highest BCUT2D eigenvalue weighted by Crippen LogP contribution is 2.26. The molecule has 0 atom stereocenters. The zero-order valence-corrected chi connectivity index (χ0v) is 11.6. The number of nitrogens with zero attached hydrogens (tertiary/aromatic N) is 4. The van der Waals surface area contributed by atoms with Crippen LogP contribution >= 0.6 is 0 Å². The molecule has 1 aliphatic heterocycles. The van der Waals surface area contributed by atoms with Crippen molar-refractivity contribution in [3.05, 3.63) is 12.2 Å². The molecule has 0 bridgehead atoms. The van der Waals surface area contributed by atoms with Crippen LogP contribution in [0.4, 0.5) is 0 Å². The first-order valence-corrected chi connectivity index (χ1v) is 6.87. The Hall–Kier alpha value is -0.940. The predicted octanol–water partition coefficient (Wildman–Crippen LogP) is 1.25. The molecule has 1 saturated heterocycles. The van der Waals surface area contributed by atoms with Gasteiger partial charge >= 0.3 is 0 Å². The summed E-state index contributed by atoms with van der Waals surface area (Å²) in [6, 6.07) is 0.293. The van der Waals surface area contributed by atoms with Gasteiger partial charge in [-0.3, -0.25) is 0 Å². The highest BCUT2D eigenvalue weighted by Gasteiger charge is 2.33. The van der Waals surface area contributed by atoms with E-state index in [-0.39, 0.29) is 0 Å². The Balaban J connectivity index is 2.02. The van der Waals surface area contributed by atoms with Gasteiger partial charge < -0.3 is 10.0 Å². The standard InChI is InChI=1S/C13H24N4O/c1-4-16-7-5-13(18,6-8-16)9-12-14-10-15-17(12)11(2)3/h10-11,18H,4-9H2,1-3H3. The van der Waals surface area contributed by atoms with Gasteiger partial charge in [0, 0.05) is 25.6 Å². The molecule has 0 amide bonds. The first-order chi connectivity index (χ1) is 8.54. The maximum Gasteiger partial charge on any atom is 0.138 e. The molecular formula is C13H24N4O. The highest BCUT2D eigenvalue weighted by molar-refractivity contribution is 4.98. The van der Waals surface area contributed by atoms with Gasteiger partial charge in [-0.25, -0.2) is 9.67 Å². The molecule has 0 spiro atoms. The van der Waals surface area contributed by atoms with Crippen molar-refractivity contribution in [2.75, 3.05) is 19.6 Å². The lowest BCUT2D eigenvalue weighted by atomic mass is 9.88. The fraction of sp³-hybridized carbons (Fsp3) is 0.846. The molecule has 18 heavy (non-hydrogen) atoms. The summed E-state index contributed by atoms with van der Waals surface area (Å²) in [5, 5.41) is 14.9. The largest absolute Gasteiger partial charge is 0.389 e. The molecule has 0 saturated carbocycles. The van der Waals surface area contributed by atoms with Crippen LogP contribution in [0.1, 0.15) is 45.5 Å². The summed E-state index contributed by atoms with van der Waals surface area (Å²) < 4.78 is 1.91. The fourth-order valence-electron chi connectivity index (χ4n) is 2.59. The second-order valence-electron chi connectivity index (χ2n) is 5.55. The third kappa shape index (κ3) is 2.90. The van der Waals surface area contributed by atoms with Crippen LogP contribution in [-0.4, -0.2) is 50.0 Å². The number of hydrogen-bond acceptors (Lipinski definition) is 4. The van der Waals surface area contributed by atoms with Crippen molar-refractivity contribution in [1.29, 1.82) is 0 Å². The molecule has 5 heteroatoms. The number of piperidine rings is 1. The Morgan fingerprint density at radius 3 is 2.61 bits per heavy atom. The molecule has 1 aromatic rings. The van der Waals surface area contributed by atoms with Crippen LogP contribution in [0.3, 0.4) is 0 Å². The van der Waals surface area contributed by atoms with E-state index in [2.05, 4.69) is 35.8 Å². The van der Waals surface area contributed by atoms with Crippen molar-refractivity contribution >= 4 is 0 Å². The predicted molar refractivity (Wildman–Crippen MR) is 70.4 cm³/mol. The smallest absolute Gasteiger partial charge is 0.138 e. The normalized spacial score (nSPS) is 20.5. The van der Waals surface area contributed by atoms with Crippen LogP contribution in [0.5, 0.6) is 0 Å². The van der Waals surface area contributed by atoms with Gasteiger partial charge in [-0.05, 0) is 33.2 Å². The van der Waals surface area contributed by atoms with Crippen molar-refractivity contribution in [1.82, 2.24) is 19.7 Å². The minimum absolute atomic E-state index is 0.293. The van der Waals surface area contributed by atoms with Crippen molar-refractivity contribution < 1.29 is 5.11 Å². The van der Waals surface area contributed by atoms with E-state index in [4.69, 9.17) is 0 Å². The Morgan fingerprint density at radius 2 is 2.06 bits per heavy atom. The lowest BCUT2D eigenvalue weighted by molar-refractivity contribution is -0.0217. The molecule has 0 aromatic carbocycles. The molecule has 5 nitrogen and oxygen atoms in total. The van der Waals surface area contributed by atoms with E-state index in [1.165, 1.54) is 0 Å². The van der Waals surface area contributed by atoms with Crippen molar-refractivity contribution in [2.45, 2.75) is 51.7 Å². The topological polar surface area (TPSA) is 54.2 Å². The number of hydrogen-bond donors (Lipinski definition) is 1. The van der Waals surface area contributed by atoms with Crippen LogP contribution in [-0.2, 0) is 6.42 Å². The molecule has 1 aliphatic rings. The van der Waals surface area contributed by atoms with Crippen LogP contribution < -0.4 is 0 Å². The van der Waals surface area contributed by atoms with E-state index in [0.717, 1.165) is 38.3 Å². The second kappa shape index (κ2) is 5.36. The Morgan fingerprint density at radius 1 is 1.39 bits per heavy atom. The molecule has 102 valence electrons. The van der Waals surface area contributed by atoms with Crippen LogP contribution in [0.2, 0.25) is 0 Å². The highest BCUT2D eigenvalue weighted by atomic mass is 16.3. The van der Waals surface area contributed by atoms with Gasteiger partial charge in [0.25, 0.3) is 0 Å². The van der Waals surface area contributed by atoms with Gasteiger partial charge in [0.2, 0.25) is 0 Å². The summed E-state index contributed by atoms with van der Waals surface area (Å²) in [4.78, 5) is 6.67. The summed E-state index contributed by atoms with van der Waals surface area (Å²) in [6.07, 6.45) is 3.85. The van der Waals surface area contributed by atoms with Crippen molar-refractivity contribution in [3.63, 3.8) is 0 Å². The van der Waals surface area contributed by atoms with Gasteiger partial charge in [-0.2, -0.15) is 5.10 Å². The molecular weight excluding hydrogens is 228 g/mol. The monoisotopic (exact) mass is 252 g/mol. The molecule has 1 fully saturated rings. The lowest BCUT2D eigenvalue weighted by Gasteiger charge is -2.37. The summed E-state index contributed by atoms with van der Waals surface area (Å²) >= 11 is 0. The molecule has 2 heterocycles. The molecule has 0 unspecified atom stereocenters. The van der Waals surface area contributed by atoms with E-state index in [0.29, 0.717) is 12.5 Å². The molecule has 1 N–H and O–H groups in total. The second-order valence-corrected chi connectivity index (χ2v) is 5.55. The average Bonchev–Trinajstić information content (AvgIpc) is 2.78. The Bertz CT molecular complexity index is 380. The van der Waals surface area contributed by atoms with E-state index < -0.39 is 5.60 Å². The fourth-order valence-corrected chi connectivity index (χ4v) is 2.59. The molecule has 0 aliphatic carbocycles. The zero-order valence-electron chi connectivity index (χ0n) is 11.6. The summed E-state index contributed by atoms with van der Waals surface area (Å²) in [6.45, 7) is 9.35. The Kier molecular flexibility index (Phi) is 4.02. The quantitative estimate of drug-likeness (QED) is 0.876. The first-order valence-electron chi connectivity index (χ1n) is 6.87. The van der Waals surface area contributed by atoms with Gasteiger partial charge in [0.15, 0.2) is 0 Å². The Labute approximate surface area is 109 Å². The van der Waals surface area contributed by atoms with E-state index in [1.54, 1.807) is 6.33 Å². The maximum absolute atomic E-state index is 10.7. The minimum atomic E-state index is -0.606. The van der Waals surface area contributed by atoms with Crippen LogP contribution in [0.15, 0.2) is 6.33 Å². The van der Waals surface area contributed by atoms with E-state index in [9.17, 15) is 5.11 Å². The summed E-state index contributed by atoms with van der Waals surface area (Å²) in [5.74, 6) is 0.900. The molecule has 2 rings (SSSR count). The first kappa shape index (κ1) is 13.5. The lowest BCUT2D eigenvalue weighted by Crippen LogP contribution is -2.46. The van der Waals surface area contributed by atoms with Crippen molar-refractivity contribution in [2.24, 2.45) is 0 Å². The van der Waals surface area contributed by atoms with Gasteiger partial charge in [0.05, 0.1) is 5.60 Å². The van der Waals surface area contributed by atoms with Gasteiger partial charge in [0.1, 0.15) is 12.2 Å². The maximum atomic E-state index is 10.7.